The minimum absolute atomic E-state index is 0.0372. The number of anilines is 2. The summed E-state index contributed by atoms with van der Waals surface area (Å²) in [6.45, 7) is 6.52. The zero-order valence-electron chi connectivity index (χ0n) is 17.8. The lowest BCUT2D eigenvalue weighted by atomic mass is 9.86. The summed E-state index contributed by atoms with van der Waals surface area (Å²) in [6, 6.07) is 24.1. The predicted octanol–water partition coefficient (Wildman–Crippen LogP) is 6.32. The van der Waals surface area contributed by atoms with Crippen molar-refractivity contribution in [2.45, 2.75) is 26.2 Å². The van der Waals surface area contributed by atoms with E-state index in [-0.39, 0.29) is 5.41 Å². The van der Waals surface area contributed by atoms with Gasteiger partial charge >= 0.3 is 0 Å². The van der Waals surface area contributed by atoms with Crippen LogP contribution in [0.1, 0.15) is 26.3 Å². The summed E-state index contributed by atoms with van der Waals surface area (Å²) in [5.74, 6) is 2.05. The molecule has 5 heteroatoms. The van der Waals surface area contributed by atoms with E-state index >= 15 is 0 Å². The molecule has 0 unspecified atom stereocenters. The molecule has 152 valence electrons. The predicted molar refractivity (Wildman–Crippen MR) is 121 cm³/mol. The molecule has 0 atom stereocenters. The van der Waals surface area contributed by atoms with Gasteiger partial charge in [0.25, 0.3) is 0 Å². The second-order valence-corrected chi connectivity index (χ2v) is 8.23. The van der Waals surface area contributed by atoms with E-state index in [0.717, 1.165) is 34.1 Å². The number of benzene rings is 2. The maximum atomic E-state index is 6.25. The number of aromatic nitrogens is 3. The fourth-order valence-electron chi connectivity index (χ4n) is 3.39. The summed E-state index contributed by atoms with van der Waals surface area (Å²) < 4.78 is 8.12. The van der Waals surface area contributed by atoms with Gasteiger partial charge in [-0.1, -0.05) is 69.3 Å². The molecule has 0 fully saturated rings. The van der Waals surface area contributed by atoms with Gasteiger partial charge < -0.3 is 10.1 Å². The van der Waals surface area contributed by atoms with E-state index in [1.54, 1.807) is 6.20 Å². The van der Waals surface area contributed by atoms with E-state index in [1.807, 2.05) is 66.3 Å². The summed E-state index contributed by atoms with van der Waals surface area (Å²) in [5.41, 5.74) is 4.00. The van der Waals surface area contributed by atoms with Crippen molar-refractivity contribution in [2.75, 3.05) is 5.32 Å². The maximum absolute atomic E-state index is 6.25. The molecule has 2 heterocycles. The summed E-state index contributed by atoms with van der Waals surface area (Å²) in [6.07, 6.45) is 1.73. The smallest absolute Gasteiger partial charge is 0.243 e. The number of nitrogens with zero attached hydrogens (tertiary/aromatic N) is 3. The molecule has 2 aromatic carbocycles. The Balaban J connectivity index is 1.63. The fraction of sp³-hybridized carbons (Fsp3) is 0.200. The van der Waals surface area contributed by atoms with Crippen LogP contribution in [0.2, 0.25) is 0 Å². The first-order valence-corrected chi connectivity index (χ1v) is 10.0. The number of hydrogen-bond acceptors (Lipinski definition) is 4. The number of ether oxygens (including phenoxy) is 1. The summed E-state index contributed by atoms with van der Waals surface area (Å²) in [5, 5.41) is 7.97. The average molecular weight is 399 g/mol. The Morgan fingerprint density at radius 3 is 2.40 bits per heavy atom. The molecule has 0 bridgehead atoms. The Hall–Kier alpha value is -3.60. The van der Waals surface area contributed by atoms with Gasteiger partial charge in [-0.25, -0.2) is 4.98 Å². The Morgan fingerprint density at radius 1 is 0.900 bits per heavy atom. The SMILES string of the molecule is Cn1nc(Nc2cccnc2Oc2ccccc2C(C)(C)C)cc1-c1ccccc1. The fourth-order valence-corrected chi connectivity index (χ4v) is 3.39. The van der Waals surface area contributed by atoms with Crippen molar-refractivity contribution >= 4 is 11.5 Å². The topological polar surface area (TPSA) is 52.0 Å². The molecule has 4 aromatic rings. The second kappa shape index (κ2) is 8.03. The Kier molecular flexibility index (Phi) is 5.27. The van der Waals surface area contributed by atoms with Gasteiger partial charge in [0.2, 0.25) is 5.88 Å². The lowest BCUT2D eigenvalue weighted by molar-refractivity contribution is 0.442. The van der Waals surface area contributed by atoms with E-state index in [0.29, 0.717) is 5.88 Å². The third-order valence-electron chi connectivity index (χ3n) is 4.88. The van der Waals surface area contributed by atoms with Gasteiger partial charge in [0.05, 0.1) is 5.69 Å². The van der Waals surface area contributed by atoms with Crippen molar-refractivity contribution in [3.8, 4) is 22.9 Å². The first-order valence-electron chi connectivity index (χ1n) is 10.0. The quantitative estimate of drug-likeness (QED) is 0.428. The molecule has 30 heavy (non-hydrogen) atoms. The number of rotatable bonds is 5. The van der Waals surface area contributed by atoms with Crippen LogP contribution in [-0.2, 0) is 12.5 Å². The molecule has 0 saturated carbocycles. The zero-order valence-corrected chi connectivity index (χ0v) is 17.8. The Labute approximate surface area is 177 Å². The van der Waals surface area contributed by atoms with Crippen LogP contribution < -0.4 is 10.1 Å². The molecule has 0 aliphatic heterocycles. The van der Waals surface area contributed by atoms with Gasteiger partial charge in [0.1, 0.15) is 11.4 Å². The Bertz CT molecular complexity index is 1140. The van der Waals surface area contributed by atoms with Gasteiger partial charge in [-0.15, -0.1) is 0 Å². The third-order valence-corrected chi connectivity index (χ3v) is 4.88. The summed E-state index contributed by atoms with van der Waals surface area (Å²) in [4.78, 5) is 4.46. The molecule has 0 spiro atoms. The molecule has 0 amide bonds. The molecule has 0 radical (unpaired) electrons. The van der Waals surface area contributed by atoms with Gasteiger partial charge in [0.15, 0.2) is 5.82 Å². The first-order chi connectivity index (χ1) is 14.4. The van der Waals surface area contributed by atoms with Gasteiger partial charge in [-0.05, 0) is 29.2 Å². The lowest BCUT2D eigenvalue weighted by Gasteiger charge is -2.22. The first kappa shape index (κ1) is 19.7. The third kappa shape index (κ3) is 4.20. The van der Waals surface area contributed by atoms with Gasteiger partial charge in [0, 0.05) is 24.9 Å². The molecular weight excluding hydrogens is 372 g/mol. The molecular formula is C25H26N4O. The van der Waals surface area contributed by atoms with Crippen LogP contribution in [0.25, 0.3) is 11.3 Å². The van der Waals surface area contributed by atoms with Crippen LogP contribution in [0.5, 0.6) is 11.6 Å². The van der Waals surface area contributed by atoms with E-state index in [4.69, 9.17) is 4.74 Å². The highest BCUT2D eigenvalue weighted by molar-refractivity contribution is 5.68. The molecule has 5 nitrogen and oxygen atoms in total. The number of nitrogens with one attached hydrogen (secondary N) is 1. The van der Waals surface area contributed by atoms with Crippen LogP contribution >= 0.6 is 0 Å². The largest absolute Gasteiger partial charge is 0.437 e. The number of para-hydroxylation sites is 1. The number of aryl methyl sites for hydroxylation is 1. The van der Waals surface area contributed by atoms with Gasteiger partial charge in [-0.2, -0.15) is 5.10 Å². The standard InChI is InChI=1S/C25H26N4O/c1-25(2,3)19-13-8-9-15-22(19)30-24-20(14-10-16-26-24)27-23-17-21(29(4)28-23)18-11-6-5-7-12-18/h5-17H,1-4H3,(H,27,28). The summed E-state index contributed by atoms with van der Waals surface area (Å²) >= 11 is 0. The number of hydrogen-bond donors (Lipinski definition) is 1. The van der Waals surface area contributed by atoms with E-state index in [2.05, 4.69) is 54.4 Å². The highest BCUT2D eigenvalue weighted by Gasteiger charge is 2.20. The minimum atomic E-state index is -0.0372. The highest BCUT2D eigenvalue weighted by Crippen LogP contribution is 2.36. The van der Waals surface area contributed by atoms with Crippen molar-refractivity contribution in [1.29, 1.82) is 0 Å². The lowest BCUT2D eigenvalue weighted by Crippen LogP contribution is -2.12. The van der Waals surface area contributed by atoms with Crippen LogP contribution in [0, 0.1) is 0 Å². The Morgan fingerprint density at radius 2 is 1.63 bits per heavy atom. The van der Waals surface area contributed by atoms with Crippen LogP contribution in [0.15, 0.2) is 79.0 Å². The highest BCUT2D eigenvalue weighted by atomic mass is 16.5. The molecule has 1 N–H and O–H groups in total. The van der Waals surface area contributed by atoms with Crippen LogP contribution in [0.4, 0.5) is 11.5 Å². The van der Waals surface area contributed by atoms with Crippen molar-refractivity contribution in [1.82, 2.24) is 14.8 Å². The van der Waals surface area contributed by atoms with Crippen molar-refractivity contribution in [3.63, 3.8) is 0 Å². The minimum Gasteiger partial charge on any atom is -0.437 e. The molecule has 4 rings (SSSR count). The van der Waals surface area contributed by atoms with E-state index < -0.39 is 0 Å². The molecule has 0 saturated heterocycles. The summed E-state index contributed by atoms with van der Waals surface area (Å²) in [7, 11) is 1.94. The van der Waals surface area contributed by atoms with Crippen LogP contribution in [0.3, 0.4) is 0 Å². The average Bonchev–Trinajstić information content (AvgIpc) is 3.10. The van der Waals surface area contributed by atoms with E-state index in [1.165, 1.54) is 0 Å². The number of pyridine rings is 1. The van der Waals surface area contributed by atoms with E-state index in [9.17, 15) is 0 Å². The van der Waals surface area contributed by atoms with Crippen LogP contribution in [-0.4, -0.2) is 14.8 Å². The van der Waals surface area contributed by atoms with Crippen molar-refractivity contribution < 1.29 is 4.74 Å². The van der Waals surface area contributed by atoms with Gasteiger partial charge in [-0.3, -0.25) is 4.68 Å². The van der Waals surface area contributed by atoms with Crippen molar-refractivity contribution in [2.24, 2.45) is 7.05 Å². The maximum Gasteiger partial charge on any atom is 0.243 e. The molecule has 2 aromatic heterocycles. The second-order valence-electron chi connectivity index (χ2n) is 8.23. The molecule has 0 aliphatic rings. The molecule has 0 aliphatic carbocycles. The van der Waals surface area contributed by atoms with Crippen molar-refractivity contribution in [3.05, 3.63) is 84.6 Å². The normalized spacial score (nSPS) is 11.3. The zero-order chi connectivity index (χ0) is 21.1. The monoisotopic (exact) mass is 398 g/mol.